The second kappa shape index (κ2) is 4.68. The zero-order valence-corrected chi connectivity index (χ0v) is 11.6. The maximum atomic E-state index is 5.41. The summed E-state index contributed by atoms with van der Waals surface area (Å²) in [7, 11) is 0. The van der Waals surface area contributed by atoms with Crippen LogP contribution in [0.15, 0.2) is 22.0 Å². The van der Waals surface area contributed by atoms with Crippen molar-refractivity contribution >= 4 is 32.1 Å². The third kappa shape index (κ3) is 2.08. The monoisotopic (exact) mass is 293 g/mol. The normalized spacial score (nSPS) is 20.1. The predicted molar refractivity (Wildman–Crippen MR) is 74.6 cm³/mol. The van der Waals surface area contributed by atoms with Crippen molar-refractivity contribution in [3.63, 3.8) is 0 Å². The van der Waals surface area contributed by atoms with E-state index in [2.05, 4.69) is 33.0 Å². The first kappa shape index (κ1) is 11.5. The van der Waals surface area contributed by atoms with Crippen molar-refractivity contribution in [1.29, 1.82) is 0 Å². The lowest BCUT2D eigenvalue weighted by Gasteiger charge is -2.20. The summed E-state index contributed by atoms with van der Waals surface area (Å²) in [6.07, 6.45) is 0. The minimum absolute atomic E-state index is 0.0346. The molecule has 0 spiro atoms. The average molecular weight is 293 g/mol. The smallest absolute Gasteiger partial charge is 0.268 e. The van der Waals surface area contributed by atoms with Gasteiger partial charge in [0.2, 0.25) is 0 Å². The number of aromatic nitrogens is 2. The van der Waals surface area contributed by atoms with Gasteiger partial charge in [-0.05, 0) is 17.5 Å². The van der Waals surface area contributed by atoms with E-state index in [1.807, 2.05) is 0 Å². The van der Waals surface area contributed by atoms with Crippen LogP contribution in [0.5, 0.6) is 0 Å². The minimum atomic E-state index is 0.0346. The summed E-state index contributed by atoms with van der Waals surface area (Å²) < 4.78 is 13.3. The molecule has 1 unspecified atom stereocenters. The number of fused-ring (bicyclic) bond motifs is 1. The fraction of sp³-hybridized carbons (Fsp3) is 0.333. The molecule has 0 amide bonds. The lowest BCUT2D eigenvalue weighted by Crippen LogP contribution is -2.35. The number of rotatable bonds is 2. The molecule has 0 bridgehead atoms. The van der Waals surface area contributed by atoms with Crippen LogP contribution < -0.4 is 5.32 Å². The number of hydrogen-bond donors (Lipinski definition) is 1. The van der Waals surface area contributed by atoms with Crippen LogP contribution in [-0.2, 0) is 4.74 Å². The Morgan fingerprint density at radius 3 is 3.21 bits per heavy atom. The van der Waals surface area contributed by atoms with Crippen molar-refractivity contribution in [2.24, 2.45) is 0 Å². The first-order valence-corrected chi connectivity index (χ1v) is 7.72. The molecule has 0 saturated carbocycles. The second-order valence-corrected chi connectivity index (χ2v) is 6.33. The molecule has 1 N–H and O–H groups in total. The number of thiophene rings is 2. The molecular weight excluding hydrogens is 282 g/mol. The number of nitrogens with one attached hydrogen (secondary N) is 1. The van der Waals surface area contributed by atoms with E-state index >= 15 is 0 Å². The molecular formula is C12H11N3O2S2. The van der Waals surface area contributed by atoms with E-state index in [9.17, 15) is 0 Å². The van der Waals surface area contributed by atoms with Crippen LogP contribution in [-0.4, -0.2) is 29.9 Å². The number of morpholine rings is 1. The van der Waals surface area contributed by atoms with Gasteiger partial charge in [-0.15, -0.1) is 22.7 Å². The van der Waals surface area contributed by atoms with E-state index in [1.165, 1.54) is 9.40 Å². The molecule has 7 heteroatoms. The topological polar surface area (TPSA) is 60.2 Å². The van der Waals surface area contributed by atoms with Gasteiger partial charge in [0.15, 0.2) is 5.82 Å². The Labute approximate surface area is 117 Å². The van der Waals surface area contributed by atoms with Crippen LogP contribution in [0.4, 0.5) is 0 Å². The van der Waals surface area contributed by atoms with Crippen molar-refractivity contribution < 1.29 is 9.26 Å². The summed E-state index contributed by atoms with van der Waals surface area (Å²) in [5, 5.41) is 9.46. The highest BCUT2D eigenvalue weighted by molar-refractivity contribution is 7.28. The number of hydrogen-bond acceptors (Lipinski definition) is 7. The summed E-state index contributed by atoms with van der Waals surface area (Å²) in [4.78, 5) is 5.50. The lowest BCUT2D eigenvalue weighted by atomic mass is 10.2. The summed E-state index contributed by atoms with van der Waals surface area (Å²) in [5.41, 5.74) is 0. The van der Waals surface area contributed by atoms with Gasteiger partial charge in [-0.25, -0.2) is 0 Å². The molecule has 19 heavy (non-hydrogen) atoms. The third-order valence-electron chi connectivity index (χ3n) is 3.03. The van der Waals surface area contributed by atoms with E-state index in [0.717, 1.165) is 18.0 Å². The first-order valence-electron chi connectivity index (χ1n) is 6.02. The highest BCUT2D eigenvalue weighted by Gasteiger charge is 2.22. The third-order valence-corrected chi connectivity index (χ3v) is 5.11. The molecule has 0 aromatic carbocycles. The predicted octanol–water partition coefficient (Wildman–Crippen LogP) is 2.67. The van der Waals surface area contributed by atoms with Gasteiger partial charge in [0.1, 0.15) is 0 Å². The maximum Gasteiger partial charge on any atom is 0.268 e. The molecule has 4 heterocycles. The molecule has 0 aliphatic carbocycles. The Kier molecular flexibility index (Phi) is 2.84. The van der Waals surface area contributed by atoms with Crippen LogP contribution >= 0.6 is 22.7 Å². The molecule has 1 aliphatic rings. The van der Waals surface area contributed by atoms with E-state index < -0.39 is 0 Å². The molecule has 3 aromatic rings. The molecule has 98 valence electrons. The first-order chi connectivity index (χ1) is 9.40. The summed E-state index contributed by atoms with van der Waals surface area (Å²) in [6.45, 7) is 2.16. The van der Waals surface area contributed by atoms with Crippen LogP contribution in [0.2, 0.25) is 0 Å². The van der Waals surface area contributed by atoms with Gasteiger partial charge in [0, 0.05) is 15.9 Å². The van der Waals surface area contributed by atoms with Crippen molar-refractivity contribution in [2.45, 2.75) is 6.04 Å². The van der Waals surface area contributed by atoms with Gasteiger partial charge in [-0.2, -0.15) is 4.98 Å². The minimum Gasteiger partial charge on any atom is -0.378 e. The number of ether oxygens (including phenoxy) is 1. The van der Waals surface area contributed by atoms with Crippen molar-refractivity contribution in [2.75, 3.05) is 19.8 Å². The molecule has 1 fully saturated rings. The zero-order valence-electron chi connectivity index (χ0n) is 9.96. The van der Waals surface area contributed by atoms with Gasteiger partial charge in [0.25, 0.3) is 5.89 Å². The Balaban J connectivity index is 1.64. The molecule has 4 rings (SSSR count). The van der Waals surface area contributed by atoms with E-state index in [0.29, 0.717) is 18.3 Å². The van der Waals surface area contributed by atoms with E-state index in [-0.39, 0.29) is 6.04 Å². The molecule has 1 atom stereocenters. The molecule has 5 nitrogen and oxygen atoms in total. The lowest BCUT2D eigenvalue weighted by molar-refractivity contribution is 0.0734. The fourth-order valence-corrected chi connectivity index (χ4v) is 4.11. The Morgan fingerprint density at radius 2 is 2.37 bits per heavy atom. The molecule has 1 saturated heterocycles. The van der Waals surface area contributed by atoms with Gasteiger partial charge >= 0.3 is 0 Å². The fourth-order valence-electron chi connectivity index (χ4n) is 2.08. The van der Waals surface area contributed by atoms with Gasteiger partial charge in [0.05, 0.1) is 24.1 Å². The highest BCUT2D eigenvalue weighted by atomic mass is 32.1. The van der Waals surface area contributed by atoms with Gasteiger partial charge in [-0.3, -0.25) is 0 Å². The van der Waals surface area contributed by atoms with Crippen LogP contribution in [0.3, 0.4) is 0 Å². The van der Waals surface area contributed by atoms with Crippen LogP contribution in [0, 0.1) is 0 Å². The molecule has 3 aromatic heterocycles. The van der Waals surface area contributed by atoms with Crippen molar-refractivity contribution in [3.8, 4) is 10.8 Å². The largest absolute Gasteiger partial charge is 0.378 e. The highest BCUT2D eigenvalue weighted by Crippen LogP contribution is 2.35. The quantitative estimate of drug-likeness (QED) is 0.787. The van der Waals surface area contributed by atoms with Gasteiger partial charge < -0.3 is 14.6 Å². The Morgan fingerprint density at radius 1 is 1.37 bits per heavy atom. The standard InChI is InChI=1S/C12H11N3O2S2/c1-4-18-9-5-10(19-8(1)9)12-14-11(15-17-12)7-6-16-3-2-13-7/h1,4-5,7,13H,2-3,6H2. The van der Waals surface area contributed by atoms with Crippen molar-refractivity contribution in [1.82, 2.24) is 15.5 Å². The Hall–Kier alpha value is -1.28. The zero-order chi connectivity index (χ0) is 12.7. The SMILES string of the molecule is c1cc2sc(-c3nc(C4COCCN4)no3)cc2s1. The van der Waals surface area contributed by atoms with Gasteiger partial charge in [-0.1, -0.05) is 5.16 Å². The average Bonchev–Trinajstić information content (AvgIpc) is 3.14. The summed E-state index contributed by atoms with van der Waals surface area (Å²) in [6, 6.07) is 4.25. The summed E-state index contributed by atoms with van der Waals surface area (Å²) >= 11 is 3.41. The van der Waals surface area contributed by atoms with Crippen molar-refractivity contribution in [3.05, 3.63) is 23.3 Å². The second-order valence-electron chi connectivity index (χ2n) is 4.30. The van der Waals surface area contributed by atoms with Crippen LogP contribution in [0.25, 0.3) is 20.2 Å². The van der Waals surface area contributed by atoms with Crippen LogP contribution in [0.1, 0.15) is 11.9 Å². The summed E-state index contributed by atoms with van der Waals surface area (Å²) in [5.74, 6) is 1.27. The van der Waals surface area contributed by atoms with E-state index in [1.54, 1.807) is 22.7 Å². The molecule has 0 radical (unpaired) electrons. The maximum absolute atomic E-state index is 5.41. The van der Waals surface area contributed by atoms with E-state index in [4.69, 9.17) is 9.26 Å². The Bertz CT molecular complexity index is 668. The number of nitrogens with zero attached hydrogens (tertiary/aromatic N) is 2. The molecule has 1 aliphatic heterocycles.